The molecule has 4 rings (SSSR count). The number of aryl methyl sites for hydroxylation is 3. The Morgan fingerprint density at radius 3 is 2.32 bits per heavy atom. The molecule has 1 aromatic heterocycles. The third kappa shape index (κ3) is 4.89. The molecule has 0 saturated carbocycles. The summed E-state index contributed by atoms with van der Waals surface area (Å²) in [5, 5.41) is 10.7. The molecule has 1 atom stereocenters. The third-order valence-electron chi connectivity index (χ3n) is 5.34. The van der Waals surface area contributed by atoms with Crippen LogP contribution in [-0.2, 0) is 13.2 Å². The molecule has 0 aliphatic rings. The van der Waals surface area contributed by atoms with Crippen LogP contribution < -0.4 is 9.47 Å². The Hall–Kier alpha value is -3.31. The van der Waals surface area contributed by atoms with Crippen LogP contribution in [0.25, 0.3) is 11.0 Å². The fourth-order valence-electron chi connectivity index (χ4n) is 3.69. The number of rotatable bonds is 8. The number of aromatic nitrogens is 2. The summed E-state index contributed by atoms with van der Waals surface area (Å²) in [5.74, 6) is 2.40. The van der Waals surface area contributed by atoms with E-state index in [9.17, 15) is 5.11 Å². The number of ether oxygens (including phenoxy) is 2. The molecule has 0 saturated heterocycles. The van der Waals surface area contributed by atoms with Crippen LogP contribution in [0.4, 0.5) is 0 Å². The normalized spacial score (nSPS) is 12.1. The summed E-state index contributed by atoms with van der Waals surface area (Å²) >= 11 is 0. The maximum Gasteiger partial charge on any atom is 0.148 e. The van der Waals surface area contributed by atoms with Crippen LogP contribution in [0.5, 0.6) is 11.5 Å². The van der Waals surface area contributed by atoms with Gasteiger partial charge in [-0.05, 0) is 56.2 Å². The van der Waals surface area contributed by atoms with Crippen molar-refractivity contribution in [2.24, 2.45) is 0 Å². The Bertz CT molecular complexity index is 1140. The molecule has 160 valence electrons. The van der Waals surface area contributed by atoms with Crippen molar-refractivity contribution in [2.45, 2.75) is 40.0 Å². The standard InChI is InChI=1S/C26H28N2O3/c1-18-11-13-22(14-12-18)30-16-21(29)15-28-24-10-5-4-9-23(24)27-25(28)17-31-26-19(2)7-6-8-20(26)3/h4-14,21,29H,15-17H2,1-3H3. The Balaban J connectivity index is 1.51. The lowest BCUT2D eigenvalue weighted by Crippen LogP contribution is -2.25. The number of nitrogens with zero attached hydrogens (tertiary/aromatic N) is 2. The number of aliphatic hydroxyl groups excluding tert-OH is 1. The first-order valence-electron chi connectivity index (χ1n) is 10.5. The highest BCUT2D eigenvalue weighted by Gasteiger charge is 2.16. The smallest absolute Gasteiger partial charge is 0.148 e. The second-order valence-corrected chi connectivity index (χ2v) is 7.91. The summed E-state index contributed by atoms with van der Waals surface area (Å²) in [5.41, 5.74) is 5.21. The molecule has 31 heavy (non-hydrogen) atoms. The van der Waals surface area contributed by atoms with E-state index in [1.165, 1.54) is 5.56 Å². The van der Waals surface area contributed by atoms with Gasteiger partial charge in [0, 0.05) is 0 Å². The van der Waals surface area contributed by atoms with Gasteiger partial charge in [0.05, 0.1) is 17.6 Å². The number of fused-ring (bicyclic) bond motifs is 1. The molecule has 0 spiro atoms. The van der Waals surface area contributed by atoms with Crippen molar-refractivity contribution in [1.82, 2.24) is 9.55 Å². The van der Waals surface area contributed by atoms with Crippen molar-refractivity contribution < 1.29 is 14.6 Å². The predicted octanol–water partition coefficient (Wildman–Crippen LogP) is 4.98. The number of imidazole rings is 1. The monoisotopic (exact) mass is 416 g/mol. The van der Waals surface area contributed by atoms with Crippen LogP contribution in [0.2, 0.25) is 0 Å². The molecule has 1 unspecified atom stereocenters. The number of para-hydroxylation sites is 3. The van der Waals surface area contributed by atoms with Gasteiger partial charge in [-0.25, -0.2) is 4.98 Å². The Morgan fingerprint density at radius 2 is 1.58 bits per heavy atom. The van der Waals surface area contributed by atoms with Gasteiger partial charge in [0.1, 0.15) is 36.6 Å². The van der Waals surface area contributed by atoms with Crippen molar-refractivity contribution in [3.8, 4) is 11.5 Å². The Labute approximate surface area is 182 Å². The zero-order valence-corrected chi connectivity index (χ0v) is 18.2. The topological polar surface area (TPSA) is 56.5 Å². The molecule has 0 fully saturated rings. The summed E-state index contributed by atoms with van der Waals surface area (Å²) < 4.78 is 13.9. The van der Waals surface area contributed by atoms with Crippen LogP contribution >= 0.6 is 0 Å². The highest BCUT2D eigenvalue weighted by Crippen LogP contribution is 2.24. The van der Waals surface area contributed by atoms with Crippen molar-refractivity contribution in [2.75, 3.05) is 6.61 Å². The van der Waals surface area contributed by atoms with Gasteiger partial charge in [-0.3, -0.25) is 0 Å². The lowest BCUT2D eigenvalue weighted by Gasteiger charge is -2.17. The first kappa shape index (κ1) is 20.9. The molecule has 5 heteroatoms. The largest absolute Gasteiger partial charge is 0.491 e. The molecule has 0 aliphatic carbocycles. The number of aliphatic hydroxyl groups is 1. The maximum absolute atomic E-state index is 10.7. The fraction of sp³-hybridized carbons (Fsp3) is 0.269. The summed E-state index contributed by atoms with van der Waals surface area (Å²) in [7, 11) is 0. The maximum atomic E-state index is 10.7. The van der Waals surface area contributed by atoms with Crippen LogP contribution in [0.3, 0.4) is 0 Å². The van der Waals surface area contributed by atoms with Crippen LogP contribution in [0.15, 0.2) is 66.7 Å². The van der Waals surface area contributed by atoms with Gasteiger partial charge in [-0.2, -0.15) is 0 Å². The molecular formula is C26H28N2O3. The van der Waals surface area contributed by atoms with Gasteiger partial charge in [-0.15, -0.1) is 0 Å². The fourth-order valence-corrected chi connectivity index (χ4v) is 3.69. The van der Waals surface area contributed by atoms with Gasteiger partial charge in [0.15, 0.2) is 0 Å². The number of hydrogen-bond acceptors (Lipinski definition) is 4. The van der Waals surface area contributed by atoms with Crippen molar-refractivity contribution >= 4 is 11.0 Å². The van der Waals surface area contributed by atoms with Gasteiger partial charge in [-0.1, -0.05) is 48.0 Å². The molecule has 3 aromatic carbocycles. The molecule has 0 aliphatic heterocycles. The summed E-state index contributed by atoms with van der Waals surface area (Å²) in [6.45, 7) is 7.01. The molecule has 0 amide bonds. The van der Waals surface area contributed by atoms with Gasteiger partial charge in [0.2, 0.25) is 0 Å². The van der Waals surface area contributed by atoms with Crippen molar-refractivity contribution in [3.05, 3.63) is 89.2 Å². The summed E-state index contributed by atoms with van der Waals surface area (Å²) in [6, 6.07) is 21.9. The van der Waals surface area contributed by atoms with Crippen molar-refractivity contribution in [3.63, 3.8) is 0 Å². The molecular weight excluding hydrogens is 388 g/mol. The zero-order chi connectivity index (χ0) is 21.8. The first-order chi connectivity index (χ1) is 15.0. The predicted molar refractivity (Wildman–Crippen MR) is 123 cm³/mol. The van der Waals surface area contributed by atoms with E-state index in [1.54, 1.807) is 0 Å². The van der Waals surface area contributed by atoms with E-state index < -0.39 is 6.10 Å². The van der Waals surface area contributed by atoms with Crippen molar-refractivity contribution in [1.29, 1.82) is 0 Å². The highest BCUT2D eigenvalue weighted by atomic mass is 16.5. The average Bonchev–Trinajstić information content (AvgIpc) is 3.10. The lowest BCUT2D eigenvalue weighted by atomic mass is 10.1. The van der Waals surface area contributed by atoms with Crippen LogP contribution in [-0.4, -0.2) is 27.4 Å². The molecule has 0 bridgehead atoms. The van der Waals surface area contributed by atoms with E-state index in [0.717, 1.165) is 39.5 Å². The highest BCUT2D eigenvalue weighted by molar-refractivity contribution is 5.75. The Kier molecular flexibility index (Phi) is 6.23. The molecule has 0 radical (unpaired) electrons. The number of hydrogen-bond donors (Lipinski definition) is 1. The molecule has 1 N–H and O–H groups in total. The summed E-state index contributed by atoms with van der Waals surface area (Å²) in [4.78, 5) is 4.75. The lowest BCUT2D eigenvalue weighted by molar-refractivity contribution is 0.0917. The molecule has 4 aromatic rings. The minimum Gasteiger partial charge on any atom is -0.491 e. The van der Waals surface area contributed by atoms with Gasteiger partial charge >= 0.3 is 0 Å². The van der Waals surface area contributed by atoms with Crippen LogP contribution in [0, 0.1) is 20.8 Å². The zero-order valence-electron chi connectivity index (χ0n) is 18.2. The Morgan fingerprint density at radius 1 is 0.871 bits per heavy atom. The first-order valence-corrected chi connectivity index (χ1v) is 10.5. The van der Waals surface area contributed by atoms with E-state index in [0.29, 0.717) is 13.2 Å². The minimum atomic E-state index is -0.683. The van der Waals surface area contributed by atoms with E-state index in [2.05, 4.69) is 0 Å². The average molecular weight is 417 g/mol. The second kappa shape index (κ2) is 9.23. The summed E-state index contributed by atoms with van der Waals surface area (Å²) in [6.07, 6.45) is -0.683. The minimum absolute atomic E-state index is 0.201. The van der Waals surface area contributed by atoms with E-state index in [-0.39, 0.29) is 6.61 Å². The molecule has 1 heterocycles. The number of benzene rings is 3. The second-order valence-electron chi connectivity index (χ2n) is 7.91. The quantitative estimate of drug-likeness (QED) is 0.440. The molecule has 5 nitrogen and oxygen atoms in total. The van der Waals surface area contributed by atoms with Gasteiger partial charge in [0.25, 0.3) is 0 Å². The van der Waals surface area contributed by atoms with Gasteiger partial charge < -0.3 is 19.1 Å². The van der Waals surface area contributed by atoms with E-state index in [4.69, 9.17) is 14.5 Å². The van der Waals surface area contributed by atoms with E-state index >= 15 is 0 Å². The van der Waals surface area contributed by atoms with E-state index in [1.807, 2.05) is 92.1 Å². The van der Waals surface area contributed by atoms with Crippen LogP contribution in [0.1, 0.15) is 22.5 Å². The SMILES string of the molecule is Cc1ccc(OCC(O)Cn2c(COc3c(C)cccc3C)nc3ccccc32)cc1. The third-order valence-corrected chi connectivity index (χ3v) is 5.34.